The Morgan fingerprint density at radius 2 is 2.38 bits per heavy atom. The number of fused-ring (bicyclic) bond motifs is 1. The van der Waals surface area contributed by atoms with E-state index in [1.807, 2.05) is 6.92 Å². The van der Waals surface area contributed by atoms with Gasteiger partial charge in [0.25, 0.3) is 0 Å². The molecule has 2 N–H and O–H groups in total. The van der Waals surface area contributed by atoms with E-state index in [1.165, 1.54) is 0 Å². The summed E-state index contributed by atoms with van der Waals surface area (Å²) in [5.74, 6) is 2.03. The largest absolute Gasteiger partial charge is 0.503 e. The molecule has 7 heteroatoms. The molecule has 1 saturated heterocycles. The highest BCUT2D eigenvalue weighted by atomic mass is 35.5. The van der Waals surface area contributed by atoms with Gasteiger partial charge in [-0.25, -0.2) is 0 Å². The number of nitrogens with one attached hydrogen (secondary N) is 1. The SMILES string of the molecule is CCOc1cc(-c2noc(C34CCCNCC3C4)n2)cc(Cl)c1O. The number of hydrogen-bond donors (Lipinski definition) is 2. The average Bonchev–Trinajstić information content (AvgIpc) is 3.10. The highest BCUT2D eigenvalue weighted by molar-refractivity contribution is 6.32. The zero-order chi connectivity index (χ0) is 16.7. The van der Waals surface area contributed by atoms with E-state index in [9.17, 15) is 5.11 Å². The number of ether oxygens (including phenoxy) is 1. The molecule has 2 atom stereocenters. The molecule has 1 aliphatic heterocycles. The first kappa shape index (κ1) is 15.7. The number of aromatic hydroxyl groups is 1. The number of nitrogens with zero attached hydrogens (tertiary/aromatic N) is 2. The first-order valence-electron chi connectivity index (χ1n) is 8.34. The van der Waals surface area contributed by atoms with Crippen molar-refractivity contribution in [1.82, 2.24) is 15.5 Å². The monoisotopic (exact) mass is 349 g/mol. The Bertz CT molecular complexity index is 764. The first-order valence-corrected chi connectivity index (χ1v) is 8.72. The van der Waals surface area contributed by atoms with Crippen LogP contribution in [0.3, 0.4) is 0 Å². The molecule has 1 aromatic heterocycles. The molecule has 6 nitrogen and oxygen atoms in total. The molecule has 0 amide bonds. The lowest BCUT2D eigenvalue weighted by atomic mass is 9.98. The number of hydrogen-bond acceptors (Lipinski definition) is 6. The second-order valence-electron chi connectivity index (χ2n) is 6.53. The van der Waals surface area contributed by atoms with Crippen LogP contribution < -0.4 is 10.1 Å². The van der Waals surface area contributed by atoms with Crippen LogP contribution in [0.1, 0.15) is 32.1 Å². The van der Waals surface area contributed by atoms with Gasteiger partial charge in [0.2, 0.25) is 11.7 Å². The van der Waals surface area contributed by atoms with Gasteiger partial charge < -0.3 is 19.7 Å². The van der Waals surface area contributed by atoms with E-state index in [0.717, 1.165) is 32.4 Å². The summed E-state index contributed by atoms with van der Waals surface area (Å²) in [6, 6.07) is 3.32. The highest BCUT2D eigenvalue weighted by Gasteiger charge is 2.59. The predicted octanol–water partition coefficient (Wildman–Crippen LogP) is 3.14. The van der Waals surface area contributed by atoms with Crippen molar-refractivity contribution in [2.24, 2.45) is 5.92 Å². The second-order valence-corrected chi connectivity index (χ2v) is 6.93. The fourth-order valence-electron chi connectivity index (χ4n) is 3.64. The van der Waals surface area contributed by atoms with Crippen LogP contribution in [0.4, 0.5) is 0 Å². The average molecular weight is 350 g/mol. The molecule has 1 saturated carbocycles. The summed E-state index contributed by atoms with van der Waals surface area (Å²) in [5, 5.41) is 17.8. The van der Waals surface area contributed by atoms with Gasteiger partial charge in [-0.2, -0.15) is 4.98 Å². The van der Waals surface area contributed by atoms with Crippen LogP contribution in [0.5, 0.6) is 11.5 Å². The number of rotatable bonds is 4. The molecule has 24 heavy (non-hydrogen) atoms. The Morgan fingerprint density at radius 3 is 3.21 bits per heavy atom. The molecule has 0 bridgehead atoms. The summed E-state index contributed by atoms with van der Waals surface area (Å²) >= 11 is 6.09. The van der Waals surface area contributed by atoms with E-state index in [-0.39, 0.29) is 16.2 Å². The molecule has 1 aliphatic carbocycles. The van der Waals surface area contributed by atoms with Crippen LogP contribution in [-0.2, 0) is 5.41 Å². The predicted molar refractivity (Wildman–Crippen MR) is 89.5 cm³/mol. The minimum atomic E-state index is -0.0679. The summed E-state index contributed by atoms with van der Waals surface area (Å²) in [4.78, 5) is 4.63. The van der Waals surface area contributed by atoms with Crippen molar-refractivity contribution in [2.45, 2.75) is 31.6 Å². The van der Waals surface area contributed by atoms with E-state index in [1.54, 1.807) is 12.1 Å². The van der Waals surface area contributed by atoms with Crippen LogP contribution >= 0.6 is 11.6 Å². The van der Waals surface area contributed by atoms with Crippen molar-refractivity contribution in [3.8, 4) is 22.9 Å². The van der Waals surface area contributed by atoms with Crippen LogP contribution in [0.15, 0.2) is 16.7 Å². The van der Waals surface area contributed by atoms with Gasteiger partial charge in [-0.3, -0.25) is 0 Å². The van der Waals surface area contributed by atoms with Crippen LogP contribution in [0.25, 0.3) is 11.4 Å². The van der Waals surface area contributed by atoms with E-state index < -0.39 is 0 Å². The molecule has 2 unspecified atom stereocenters. The molecule has 0 spiro atoms. The van der Waals surface area contributed by atoms with E-state index in [0.29, 0.717) is 35.6 Å². The van der Waals surface area contributed by atoms with Crippen molar-refractivity contribution < 1.29 is 14.4 Å². The van der Waals surface area contributed by atoms with Crippen molar-refractivity contribution in [3.05, 3.63) is 23.0 Å². The molecule has 2 fully saturated rings. The minimum Gasteiger partial charge on any atom is -0.503 e. The van der Waals surface area contributed by atoms with Gasteiger partial charge in [0.05, 0.1) is 17.0 Å². The Labute approximate surface area is 145 Å². The van der Waals surface area contributed by atoms with Crippen LogP contribution in [-0.4, -0.2) is 34.9 Å². The van der Waals surface area contributed by atoms with Crippen molar-refractivity contribution in [1.29, 1.82) is 0 Å². The molecular formula is C17H20ClN3O3. The van der Waals surface area contributed by atoms with Crippen molar-refractivity contribution in [3.63, 3.8) is 0 Å². The maximum Gasteiger partial charge on any atom is 0.233 e. The highest BCUT2D eigenvalue weighted by Crippen LogP contribution is 2.57. The fourth-order valence-corrected chi connectivity index (χ4v) is 3.85. The normalized spacial score (nSPS) is 25.8. The Kier molecular flexibility index (Phi) is 3.89. The molecular weight excluding hydrogens is 330 g/mol. The number of aromatic nitrogens is 2. The van der Waals surface area contributed by atoms with Crippen molar-refractivity contribution >= 4 is 11.6 Å². The van der Waals surface area contributed by atoms with Gasteiger partial charge in [0, 0.05) is 5.56 Å². The Balaban J connectivity index is 1.66. The summed E-state index contributed by atoms with van der Waals surface area (Å²) in [6.07, 6.45) is 3.29. The molecule has 4 rings (SSSR count). The molecule has 2 aromatic rings. The van der Waals surface area contributed by atoms with Gasteiger partial charge in [0.1, 0.15) is 0 Å². The number of phenolic OH excluding ortho intramolecular Hbond substituents is 1. The van der Waals surface area contributed by atoms with Gasteiger partial charge >= 0.3 is 0 Å². The minimum absolute atomic E-state index is 0.0399. The molecule has 1 aromatic carbocycles. The molecule has 2 aliphatic rings. The quantitative estimate of drug-likeness (QED) is 0.882. The Hall–Kier alpha value is -1.79. The molecule has 128 valence electrons. The zero-order valence-electron chi connectivity index (χ0n) is 13.5. The number of halogens is 1. The van der Waals surface area contributed by atoms with Gasteiger partial charge in [-0.05, 0) is 57.3 Å². The summed E-state index contributed by atoms with van der Waals surface area (Å²) in [5.41, 5.74) is 0.717. The smallest absolute Gasteiger partial charge is 0.233 e. The molecule has 0 radical (unpaired) electrons. The standard InChI is InChI=1S/C17H20ClN3O3/c1-2-23-13-7-10(6-12(18)14(13)22)15-20-16(24-21-15)17-4-3-5-19-9-11(17)8-17/h6-7,11,19,22H,2-5,8-9H2,1H3. The van der Waals surface area contributed by atoms with E-state index >= 15 is 0 Å². The third kappa shape index (κ3) is 2.54. The maximum atomic E-state index is 9.96. The summed E-state index contributed by atoms with van der Waals surface area (Å²) in [7, 11) is 0. The number of benzene rings is 1. The molecule has 2 heterocycles. The van der Waals surface area contributed by atoms with Crippen LogP contribution in [0, 0.1) is 5.92 Å². The fraction of sp³-hybridized carbons (Fsp3) is 0.529. The first-order chi connectivity index (χ1) is 11.6. The van der Waals surface area contributed by atoms with E-state index in [4.69, 9.17) is 20.9 Å². The summed E-state index contributed by atoms with van der Waals surface area (Å²) < 4.78 is 11.0. The topological polar surface area (TPSA) is 80.4 Å². The number of phenols is 1. The van der Waals surface area contributed by atoms with Gasteiger partial charge in [0.15, 0.2) is 11.5 Å². The maximum absolute atomic E-state index is 9.96. The Morgan fingerprint density at radius 1 is 1.50 bits per heavy atom. The summed E-state index contributed by atoms with van der Waals surface area (Å²) in [6.45, 7) is 4.34. The second kappa shape index (κ2) is 5.93. The lowest BCUT2D eigenvalue weighted by molar-refractivity contribution is 0.318. The van der Waals surface area contributed by atoms with Gasteiger partial charge in [-0.15, -0.1) is 0 Å². The third-order valence-electron chi connectivity index (χ3n) is 5.04. The van der Waals surface area contributed by atoms with Gasteiger partial charge in [-0.1, -0.05) is 16.8 Å². The third-order valence-corrected chi connectivity index (χ3v) is 5.33. The lowest BCUT2D eigenvalue weighted by Crippen LogP contribution is -2.16. The lowest BCUT2D eigenvalue weighted by Gasteiger charge is -2.09. The van der Waals surface area contributed by atoms with Crippen LogP contribution in [0.2, 0.25) is 5.02 Å². The van der Waals surface area contributed by atoms with Crippen molar-refractivity contribution in [2.75, 3.05) is 19.7 Å². The van der Waals surface area contributed by atoms with E-state index in [2.05, 4.69) is 15.5 Å². The zero-order valence-corrected chi connectivity index (χ0v) is 14.3.